The van der Waals surface area contributed by atoms with Crippen molar-refractivity contribution in [3.8, 4) is 11.8 Å². The number of imidazole rings is 1. The second-order valence-corrected chi connectivity index (χ2v) is 8.27. The van der Waals surface area contributed by atoms with E-state index in [1.54, 1.807) is 23.3 Å². The van der Waals surface area contributed by atoms with Crippen molar-refractivity contribution in [2.24, 2.45) is 0 Å². The topological polar surface area (TPSA) is 109 Å². The van der Waals surface area contributed by atoms with Crippen molar-refractivity contribution in [3.63, 3.8) is 0 Å². The lowest BCUT2D eigenvalue weighted by atomic mass is 10.1. The number of aryl methyl sites for hydroxylation is 2. The van der Waals surface area contributed by atoms with Gasteiger partial charge in [-0.2, -0.15) is 5.10 Å². The van der Waals surface area contributed by atoms with Crippen LogP contribution in [-0.4, -0.2) is 55.6 Å². The van der Waals surface area contributed by atoms with Crippen LogP contribution >= 0.6 is 0 Å². The van der Waals surface area contributed by atoms with E-state index >= 15 is 4.39 Å². The van der Waals surface area contributed by atoms with Gasteiger partial charge in [-0.15, -0.1) is 0 Å². The molecule has 0 aliphatic carbocycles. The third-order valence-electron chi connectivity index (χ3n) is 6.18. The van der Waals surface area contributed by atoms with Gasteiger partial charge in [0.05, 0.1) is 29.1 Å². The summed E-state index contributed by atoms with van der Waals surface area (Å²) in [6.07, 6.45) is 2.14. The van der Waals surface area contributed by atoms with E-state index in [4.69, 9.17) is 10.5 Å². The van der Waals surface area contributed by atoms with Gasteiger partial charge in [-0.3, -0.25) is 0 Å². The number of benzene rings is 1. The molecule has 0 spiro atoms. The van der Waals surface area contributed by atoms with Crippen molar-refractivity contribution >= 4 is 27.9 Å². The number of nitrogens with one attached hydrogen (secondary N) is 1. The van der Waals surface area contributed by atoms with Gasteiger partial charge in [0.2, 0.25) is 0 Å². The molecule has 3 aromatic heterocycles. The summed E-state index contributed by atoms with van der Waals surface area (Å²) >= 11 is 0. The van der Waals surface area contributed by atoms with Crippen molar-refractivity contribution in [1.82, 2.24) is 34.6 Å². The lowest BCUT2D eigenvalue weighted by Crippen LogP contribution is -2.25. The van der Waals surface area contributed by atoms with Crippen LogP contribution in [-0.2, 0) is 11.3 Å². The van der Waals surface area contributed by atoms with Gasteiger partial charge in [0, 0.05) is 32.3 Å². The monoisotopic (exact) mass is 466 g/mol. The number of nitrogen functional groups attached to an aromatic ring is 1. The molecule has 3 N–H and O–H groups in total. The van der Waals surface area contributed by atoms with Gasteiger partial charge in [-0.1, -0.05) is 5.92 Å². The first kappa shape index (κ1) is 22.2. The molecule has 4 aromatic rings. The quantitative estimate of drug-likeness (QED) is 0.444. The van der Waals surface area contributed by atoms with E-state index < -0.39 is 11.6 Å². The molecule has 0 saturated carbocycles. The van der Waals surface area contributed by atoms with Gasteiger partial charge in [0.25, 0.3) is 0 Å². The SMILES string of the molecule is CCn1c(C)nc2c(F)c(C#Cc3nn([C@@H]4CN[C@@H](COC)C4)c4ncnc(N)c34)c(F)cc21. The van der Waals surface area contributed by atoms with Crippen LogP contribution in [0.25, 0.3) is 22.1 Å². The minimum absolute atomic E-state index is 0.00157. The van der Waals surface area contributed by atoms with Crippen molar-refractivity contribution in [2.75, 3.05) is 26.0 Å². The van der Waals surface area contributed by atoms with Crippen molar-refractivity contribution in [1.29, 1.82) is 0 Å². The average molecular weight is 466 g/mol. The number of fused-ring (bicyclic) bond motifs is 2. The Bertz CT molecular complexity index is 1470. The highest BCUT2D eigenvalue weighted by Crippen LogP contribution is 2.28. The Labute approximate surface area is 194 Å². The highest BCUT2D eigenvalue weighted by molar-refractivity contribution is 5.90. The summed E-state index contributed by atoms with van der Waals surface area (Å²) < 4.78 is 38.8. The number of ether oxygens (including phenoxy) is 1. The highest BCUT2D eigenvalue weighted by Gasteiger charge is 2.29. The molecule has 1 aliphatic rings. The minimum atomic E-state index is -0.798. The van der Waals surface area contributed by atoms with Crippen LogP contribution in [0.3, 0.4) is 0 Å². The fourth-order valence-electron chi connectivity index (χ4n) is 4.59. The van der Waals surface area contributed by atoms with E-state index in [0.717, 1.165) is 6.42 Å². The second-order valence-electron chi connectivity index (χ2n) is 8.27. The molecule has 5 rings (SSSR count). The number of anilines is 1. The number of aromatic nitrogens is 6. The summed E-state index contributed by atoms with van der Waals surface area (Å²) in [5, 5.41) is 8.46. The van der Waals surface area contributed by atoms with Gasteiger partial charge in [0.1, 0.15) is 35.0 Å². The summed E-state index contributed by atoms with van der Waals surface area (Å²) in [6, 6.07) is 1.45. The van der Waals surface area contributed by atoms with Crippen molar-refractivity contribution < 1.29 is 13.5 Å². The smallest absolute Gasteiger partial charge is 0.169 e. The number of rotatable bonds is 4. The first-order valence-electron chi connectivity index (χ1n) is 11.0. The number of hydrogen-bond acceptors (Lipinski definition) is 7. The van der Waals surface area contributed by atoms with E-state index in [-0.39, 0.29) is 34.7 Å². The molecule has 4 heterocycles. The molecular weight excluding hydrogens is 442 g/mol. The molecule has 0 radical (unpaired) electrons. The molecule has 0 unspecified atom stereocenters. The predicted molar refractivity (Wildman–Crippen MR) is 123 cm³/mol. The van der Waals surface area contributed by atoms with E-state index in [1.807, 2.05) is 6.92 Å². The van der Waals surface area contributed by atoms with Gasteiger partial charge in [0.15, 0.2) is 11.5 Å². The molecule has 34 heavy (non-hydrogen) atoms. The average Bonchev–Trinajstić information content (AvgIpc) is 3.50. The molecule has 1 saturated heterocycles. The molecule has 0 amide bonds. The normalized spacial score (nSPS) is 18.0. The van der Waals surface area contributed by atoms with Crippen LogP contribution in [0.5, 0.6) is 0 Å². The van der Waals surface area contributed by atoms with E-state index in [1.165, 1.54) is 12.4 Å². The fraction of sp³-hybridized carbons (Fsp3) is 0.391. The zero-order valence-electron chi connectivity index (χ0n) is 19.1. The Balaban J connectivity index is 1.60. The van der Waals surface area contributed by atoms with Crippen LogP contribution in [0.1, 0.15) is 36.5 Å². The summed E-state index contributed by atoms with van der Waals surface area (Å²) in [5.41, 5.74) is 7.01. The predicted octanol–water partition coefficient (Wildman–Crippen LogP) is 2.31. The highest BCUT2D eigenvalue weighted by atomic mass is 19.1. The Morgan fingerprint density at radius 2 is 2.12 bits per heavy atom. The standard InChI is InChI=1S/C23H24F2N8O/c1-4-32-12(2)30-21-18(32)8-16(24)15(20(21)25)5-6-17-19-22(26)28-11-29-23(19)33(31-17)14-7-13(10-34-3)27-9-14/h8,11,13-14,27H,4,7,9-10H2,1-3H3,(H2,26,28,29)/t13-,14+/m1/s1. The number of halogens is 2. The maximum Gasteiger partial charge on any atom is 0.169 e. The molecule has 1 aliphatic heterocycles. The van der Waals surface area contributed by atoms with Gasteiger partial charge >= 0.3 is 0 Å². The van der Waals surface area contributed by atoms with Crippen LogP contribution < -0.4 is 11.1 Å². The van der Waals surface area contributed by atoms with Crippen LogP contribution in [0.2, 0.25) is 0 Å². The number of methoxy groups -OCH3 is 1. The minimum Gasteiger partial charge on any atom is -0.383 e. The molecule has 1 aromatic carbocycles. The van der Waals surface area contributed by atoms with Gasteiger partial charge in [-0.25, -0.2) is 28.4 Å². The van der Waals surface area contributed by atoms with E-state index in [9.17, 15) is 4.39 Å². The maximum absolute atomic E-state index is 15.2. The zero-order valence-corrected chi connectivity index (χ0v) is 19.1. The lowest BCUT2D eigenvalue weighted by molar-refractivity contribution is 0.172. The van der Waals surface area contributed by atoms with Crippen LogP contribution in [0, 0.1) is 30.4 Å². The van der Waals surface area contributed by atoms with Gasteiger partial charge < -0.3 is 20.4 Å². The van der Waals surface area contributed by atoms with E-state index in [2.05, 4.69) is 37.2 Å². The molecule has 176 valence electrons. The molecular formula is C23H24F2N8O. The fourth-order valence-corrected chi connectivity index (χ4v) is 4.59. The Hall–Kier alpha value is -3.62. The Morgan fingerprint density at radius 1 is 1.29 bits per heavy atom. The molecule has 2 atom stereocenters. The van der Waals surface area contributed by atoms with Crippen molar-refractivity contribution in [2.45, 2.75) is 38.9 Å². The number of nitrogens with zero attached hydrogens (tertiary/aromatic N) is 6. The summed E-state index contributed by atoms with van der Waals surface area (Å²) in [6.45, 7) is 5.44. The molecule has 11 heteroatoms. The van der Waals surface area contributed by atoms with E-state index in [0.29, 0.717) is 42.1 Å². The molecule has 0 bridgehead atoms. The summed E-state index contributed by atoms with van der Waals surface area (Å²) in [7, 11) is 1.66. The summed E-state index contributed by atoms with van der Waals surface area (Å²) in [4.78, 5) is 12.7. The van der Waals surface area contributed by atoms with Crippen molar-refractivity contribution in [3.05, 3.63) is 41.1 Å². The van der Waals surface area contributed by atoms with Crippen LogP contribution in [0.15, 0.2) is 12.4 Å². The zero-order chi connectivity index (χ0) is 24.0. The number of nitrogens with two attached hydrogens (primary N) is 1. The van der Waals surface area contributed by atoms with Gasteiger partial charge in [-0.05, 0) is 26.2 Å². The first-order valence-corrected chi connectivity index (χ1v) is 11.0. The number of hydrogen-bond donors (Lipinski definition) is 2. The largest absolute Gasteiger partial charge is 0.383 e. The Kier molecular flexibility index (Phi) is 5.63. The molecule has 9 nitrogen and oxygen atoms in total. The maximum atomic E-state index is 15.2. The second kappa shape index (κ2) is 8.62. The third kappa shape index (κ3) is 3.55. The van der Waals surface area contributed by atoms with Crippen LogP contribution in [0.4, 0.5) is 14.6 Å². The molecule has 1 fully saturated rings. The Morgan fingerprint density at radius 3 is 2.88 bits per heavy atom. The third-order valence-corrected chi connectivity index (χ3v) is 6.18. The first-order chi connectivity index (χ1) is 16.4. The summed E-state index contributed by atoms with van der Waals surface area (Å²) in [5.74, 6) is 4.67. The lowest BCUT2D eigenvalue weighted by Gasteiger charge is -2.10.